The molecule has 2 N–H and O–H groups in total. The first kappa shape index (κ1) is 16.6. The number of thiazole rings is 2. The second kappa shape index (κ2) is 7.59. The number of nitrogens with zero attached hydrogens (tertiary/aromatic N) is 2. The fraction of sp³-hybridized carbons (Fsp3) is 0.389. The van der Waals surface area contributed by atoms with Crippen molar-refractivity contribution in [2.45, 2.75) is 31.6 Å². The first-order valence-corrected chi connectivity index (χ1v) is 10.2. The molecule has 1 fully saturated rings. The van der Waals surface area contributed by atoms with E-state index in [1.807, 2.05) is 24.4 Å². The lowest BCUT2D eigenvalue weighted by Gasteiger charge is -2.20. The van der Waals surface area contributed by atoms with E-state index in [1.54, 1.807) is 22.7 Å². The van der Waals surface area contributed by atoms with Crippen molar-refractivity contribution in [1.29, 1.82) is 0 Å². The van der Waals surface area contributed by atoms with Gasteiger partial charge in [-0.15, -0.1) is 22.7 Å². The highest BCUT2D eigenvalue weighted by molar-refractivity contribution is 7.18. The summed E-state index contributed by atoms with van der Waals surface area (Å²) >= 11 is 3.27. The lowest BCUT2D eigenvalue weighted by atomic mass is 9.97. The Bertz CT molecular complexity index is 834. The van der Waals surface area contributed by atoms with E-state index >= 15 is 0 Å². The van der Waals surface area contributed by atoms with Crippen LogP contribution in [0.1, 0.15) is 35.1 Å². The summed E-state index contributed by atoms with van der Waals surface area (Å²) in [7, 11) is 0. The molecule has 4 rings (SSSR count). The molecule has 3 heterocycles. The van der Waals surface area contributed by atoms with E-state index in [1.165, 1.54) is 9.58 Å². The number of aromatic nitrogens is 2. The number of fused-ring (bicyclic) bond motifs is 1. The normalized spacial score (nSPS) is 15.5. The van der Waals surface area contributed by atoms with Crippen molar-refractivity contribution in [1.82, 2.24) is 15.3 Å². The van der Waals surface area contributed by atoms with Gasteiger partial charge in [0.1, 0.15) is 0 Å². The average Bonchev–Trinajstić information content (AvgIpc) is 3.27. The summed E-state index contributed by atoms with van der Waals surface area (Å²) in [4.78, 5) is 22.4. The highest BCUT2D eigenvalue weighted by Gasteiger charge is 2.18. The predicted molar refractivity (Wildman–Crippen MR) is 104 cm³/mol. The van der Waals surface area contributed by atoms with Gasteiger partial charge in [-0.05, 0) is 44.0 Å². The molecule has 0 bridgehead atoms. The average molecular weight is 373 g/mol. The molecule has 130 valence electrons. The zero-order valence-corrected chi connectivity index (χ0v) is 15.5. The van der Waals surface area contributed by atoms with Crippen LogP contribution in [0.5, 0.6) is 0 Å². The van der Waals surface area contributed by atoms with Crippen molar-refractivity contribution >= 4 is 43.9 Å². The monoisotopic (exact) mass is 372 g/mol. The first-order chi connectivity index (χ1) is 12.3. The number of para-hydroxylation sites is 1. The number of nitrogens with one attached hydrogen (secondary N) is 2. The molecule has 1 amide bonds. The molecule has 3 aromatic rings. The minimum Gasteiger partial charge on any atom is -0.317 e. The standard InChI is InChI=1S/C18H20N4OS2/c23-16(5-6-17-21-13-3-1-2-4-14(13)24-17)22-18-20-11-15(25-18)12-7-9-19-10-8-12/h1-4,11-12,19H,5-10H2,(H,20,22,23). The molecule has 0 radical (unpaired) electrons. The zero-order chi connectivity index (χ0) is 17.1. The van der Waals surface area contributed by atoms with Crippen LogP contribution < -0.4 is 10.6 Å². The molecule has 25 heavy (non-hydrogen) atoms. The van der Waals surface area contributed by atoms with E-state index in [-0.39, 0.29) is 5.91 Å². The van der Waals surface area contributed by atoms with Crippen molar-refractivity contribution in [3.63, 3.8) is 0 Å². The Kier molecular flexibility index (Phi) is 5.05. The molecule has 7 heteroatoms. The highest BCUT2D eigenvalue weighted by atomic mass is 32.1. The summed E-state index contributed by atoms with van der Waals surface area (Å²) < 4.78 is 1.17. The second-order valence-electron chi connectivity index (χ2n) is 6.22. The van der Waals surface area contributed by atoms with Gasteiger partial charge in [0, 0.05) is 23.9 Å². The van der Waals surface area contributed by atoms with Gasteiger partial charge in [-0.1, -0.05) is 12.1 Å². The fourth-order valence-corrected chi connectivity index (χ4v) is 5.04. The number of anilines is 1. The maximum Gasteiger partial charge on any atom is 0.226 e. The van der Waals surface area contributed by atoms with Crippen LogP contribution >= 0.6 is 22.7 Å². The number of benzene rings is 1. The fourth-order valence-electron chi connectivity index (χ4n) is 3.07. The number of carbonyl (C=O) groups excluding carboxylic acids is 1. The minimum atomic E-state index is 0.00506. The Morgan fingerprint density at radius 2 is 2.08 bits per heavy atom. The van der Waals surface area contributed by atoms with Gasteiger partial charge in [0.15, 0.2) is 5.13 Å². The van der Waals surface area contributed by atoms with Crippen molar-refractivity contribution in [3.05, 3.63) is 40.3 Å². The molecular formula is C18H20N4OS2. The van der Waals surface area contributed by atoms with Gasteiger partial charge in [0.2, 0.25) is 5.91 Å². The molecular weight excluding hydrogens is 352 g/mol. The number of hydrogen-bond acceptors (Lipinski definition) is 6. The topological polar surface area (TPSA) is 66.9 Å². The maximum absolute atomic E-state index is 12.2. The number of amides is 1. The number of rotatable bonds is 5. The van der Waals surface area contributed by atoms with Crippen LogP contribution in [0.3, 0.4) is 0 Å². The Hall–Kier alpha value is -1.83. The molecule has 0 atom stereocenters. The summed E-state index contributed by atoms with van der Waals surface area (Å²) in [6.45, 7) is 2.12. The summed E-state index contributed by atoms with van der Waals surface area (Å²) in [6, 6.07) is 8.07. The van der Waals surface area contributed by atoms with E-state index in [0.717, 1.165) is 36.5 Å². The Morgan fingerprint density at radius 3 is 2.92 bits per heavy atom. The van der Waals surface area contributed by atoms with Gasteiger partial charge in [-0.25, -0.2) is 9.97 Å². The summed E-state index contributed by atoms with van der Waals surface area (Å²) in [5, 5.41) is 8.03. The summed E-state index contributed by atoms with van der Waals surface area (Å²) in [5.41, 5.74) is 1.01. The van der Waals surface area contributed by atoms with Crippen LogP contribution in [0, 0.1) is 0 Å². The summed E-state index contributed by atoms with van der Waals surface area (Å²) in [6.07, 6.45) is 5.31. The number of aryl methyl sites for hydroxylation is 1. The van der Waals surface area contributed by atoms with Gasteiger partial charge in [0.05, 0.1) is 15.2 Å². The number of piperidine rings is 1. The van der Waals surface area contributed by atoms with Gasteiger partial charge in [0.25, 0.3) is 0 Å². The summed E-state index contributed by atoms with van der Waals surface area (Å²) in [5.74, 6) is 0.581. The third-order valence-electron chi connectivity index (χ3n) is 4.42. The molecule has 2 aromatic heterocycles. The van der Waals surface area contributed by atoms with Crippen LogP contribution in [0.4, 0.5) is 5.13 Å². The zero-order valence-electron chi connectivity index (χ0n) is 13.8. The maximum atomic E-state index is 12.2. The van der Waals surface area contributed by atoms with Crippen LogP contribution in [0.25, 0.3) is 10.2 Å². The highest BCUT2D eigenvalue weighted by Crippen LogP contribution is 2.31. The van der Waals surface area contributed by atoms with Gasteiger partial charge < -0.3 is 10.6 Å². The predicted octanol–water partition coefficient (Wildman–Crippen LogP) is 3.79. The number of carbonyl (C=O) groups is 1. The molecule has 5 nitrogen and oxygen atoms in total. The van der Waals surface area contributed by atoms with Crippen LogP contribution in [0.15, 0.2) is 30.5 Å². The molecule has 1 saturated heterocycles. The van der Waals surface area contributed by atoms with Gasteiger partial charge in [-0.2, -0.15) is 0 Å². The third kappa shape index (κ3) is 4.05. The first-order valence-electron chi connectivity index (χ1n) is 8.59. The third-order valence-corrected chi connectivity index (χ3v) is 6.59. The smallest absolute Gasteiger partial charge is 0.226 e. The van der Waals surface area contributed by atoms with E-state index in [9.17, 15) is 4.79 Å². The lowest BCUT2D eigenvalue weighted by molar-refractivity contribution is -0.116. The minimum absolute atomic E-state index is 0.00506. The molecule has 0 unspecified atom stereocenters. The van der Waals surface area contributed by atoms with Crippen molar-refractivity contribution in [2.75, 3.05) is 18.4 Å². The quantitative estimate of drug-likeness (QED) is 0.715. The van der Waals surface area contributed by atoms with E-state index in [2.05, 4.69) is 26.7 Å². The Labute approximate surface area is 154 Å². The van der Waals surface area contributed by atoms with E-state index < -0.39 is 0 Å². The molecule has 0 aliphatic carbocycles. The molecule has 1 aliphatic rings. The number of hydrogen-bond donors (Lipinski definition) is 2. The molecule has 1 aromatic carbocycles. The van der Waals surface area contributed by atoms with E-state index in [4.69, 9.17) is 0 Å². The van der Waals surface area contributed by atoms with Gasteiger partial charge >= 0.3 is 0 Å². The molecule has 0 spiro atoms. The van der Waals surface area contributed by atoms with E-state index in [0.29, 0.717) is 23.9 Å². The van der Waals surface area contributed by atoms with Crippen molar-refractivity contribution in [3.8, 4) is 0 Å². The molecule has 0 saturated carbocycles. The Morgan fingerprint density at radius 1 is 1.24 bits per heavy atom. The van der Waals surface area contributed by atoms with Crippen molar-refractivity contribution < 1.29 is 4.79 Å². The Balaban J connectivity index is 1.32. The largest absolute Gasteiger partial charge is 0.317 e. The van der Waals surface area contributed by atoms with Crippen LogP contribution in [-0.4, -0.2) is 29.0 Å². The van der Waals surface area contributed by atoms with Crippen LogP contribution in [-0.2, 0) is 11.2 Å². The lowest BCUT2D eigenvalue weighted by Crippen LogP contribution is -2.26. The SMILES string of the molecule is O=C(CCc1nc2ccccc2s1)Nc1ncc(C2CCNCC2)s1. The molecule has 1 aliphatic heterocycles. The van der Waals surface area contributed by atoms with Gasteiger partial charge in [-0.3, -0.25) is 4.79 Å². The van der Waals surface area contributed by atoms with Crippen molar-refractivity contribution in [2.24, 2.45) is 0 Å². The second-order valence-corrected chi connectivity index (χ2v) is 8.39. The van der Waals surface area contributed by atoms with Crippen LogP contribution in [0.2, 0.25) is 0 Å².